The Kier molecular flexibility index (Phi) is 5.65. The number of halogens is 1. The Hall–Kier alpha value is -0.623. The average molecular weight is 369 g/mol. The largest absolute Gasteiger partial charge is 0.361 e. The van der Waals surface area contributed by atoms with Crippen LogP contribution in [-0.2, 0) is 18.0 Å². The molecule has 0 spiro atoms. The van der Waals surface area contributed by atoms with Gasteiger partial charge in [0.1, 0.15) is 6.73 Å². The van der Waals surface area contributed by atoms with E-state index in [1.54, 1.807) is 0 Å². The van der Waals surface area contributed by atoms with Gasteiger partial charge in [-0.3, -0.25) is 0 Å². The first-order valence-electron chi connectivity index (χ1n) is 7.40. The van der Waals surface area contributed by atoms with Crippen LogP contribution in [-0.4, -0.2) is 26.3 Å². The van der Waals surface area contributed by atoms with Gasteiger partial charge >= 0.3 is 0 Å². The minimum atomic E-state index is -1.02. The van der Waals surface area contributed by atoms with Crippen molar-refractivity contribution in [2.75, 3.05) is 13.7 Å². The maximum Gasteiger partial charge on any atom is 0.122 e. The van der Waals surface area contributed by atoms with E-state index in [1.165, 1.54) is 22.5 Å². The van der Waals surface area contributed by atoms with Crippen LogP contribution < -0.4 is 5.32 Å². The second-order valence-corrected chi connectivity index (χ2v) is 13.2. The molecule has 0 aliphatic carbocycles. The summed E-state index contributed by atoms with van der Waals surface area (Å²) in [5, 5.41) is 4.52. The predicted molar refractivity (Wildman–Crippen MR) is 96.5 cm³/mol. The van der Waals surface area contributed by atoms with E-state index >= 15 is 0 Å². The van der Waals surface area contributed by atoms with Crippen molar-refractivity contribution in [2.24, 2.45) is 0 Å². The van der Waals surface area contributed by atoms with E-state index in [0.717, 1.165) is 17.6 Å². The van der Waals surface area contributed by atoms with Gasteiger partial charge in [-0.25, -0.2) is 0 Å². The molecule has 0 amide bonds. The highest BCUT2D eigenvalue weighted by Crippen LogP contribution is 2.25. The number of hydrogen-bond acceptors (Lipinski definition) is 2. The van der Waals surface area contributed by atoms with E-state index in [2.05, 4.69) is 69.9 Å². The van der Waals surface area contributed by atoms with E-state index < -0.39 is 8.07 Å². The minimum Gasteiger partial charge on any atom is -0.361 e. The summed E-state index contributed by atoms with van der Waals surface area (Å²) < 4.78 is 9.21. The van der Waals surface area contributed by atoms with E-state index in [9.17, 15) is 0 Å². The number of ether oxygens (including phenoxy) is 1. The zero-order valence-corrected chi connectivity index (χ0v) is 16.0. The fourth-order valence-electron chi connectivity index (χ4n) is 2.32. The zero-order chi connectivity index (χ0) is 15.5. The van der Waals surface area contributed by atoms with Crippen molar-refractivity contribution in [3.05, 3.63) is 34.4 Å². The minimum absolute atomic E-state index is 0.626. The quantitative estimate of drug-likeness (QED) is 0.577. The van der Waals surface area contributed by atoms with Crippen LogP contribution in [0.5, 0.6) is 0 Å². The molecule has 0 fully saturated rings. The summed E-state index contributed by atoms with van der Waals surface area (Å²) in [6, 6.07) is 7.64. The van der Waals surface area contributed by atoms with Crippen molar-refractivity contribution in [1.82, 2.24) is 9.88 Å². The van der Waals surface area contributed by atoms with Crippen LogP contribution in [0.25, 0.3) is 10.9 Å². The summed E-state index contributed by atoms with van der Waals surface area (Å²) in [7, 11) is 0.961. The van der Waals surface area contributed by atoms with Crippen LogP contribution in [0.15, 0.2) is 28.9 Å². The van der Waals surface area contributed by atoms with Crippen molar-refractivity contribution in [2.45, 2.75) is 39.0 Å². The van der Waals surface area contributed by atoms with Gasteiger partial charge in [0.25, 0.3) is 0 Å². The van der Waals surface area contributed by atoms with E-state index in [1.807, 2.05) is 7.05 Å². The molecule has 0 aliphatic heterocycles. The molecule has 0 bridgehead atoms. The number of fused-ring (bicyclic) bond motifs is 1. The third-order valence-corrected chi connectivity index (χ3v) is 5.72. The number of nitrogens with zero attached hydrogens (tertiary/aromatic N) is 1. The molecule has 0 aliphatic rings. The number of rotatable bonds is 7. The highest BCUT2D eigenvalue weighted by molar-refractivity contribution is 9.10. The van der Waals surface area contributed by atoms with E-state index in [4.69, 9.17) is 4.74 Å². The van der Waals surface area contributed by atoms with Crippen molar-refractivity contribution in [3.8, 4) is 0 Å². The molecule has 0 radical (unpaired) electrons. The lowest BCUT2D eigenvalue weighted by molar-refractivity contribution is 0.0901. The maximum atomic E-state index is 5.90. The summed E-state index contributed by atoms with van der Waals surface area (Å²) in [5.74, 6) is 0. The number of benzene rings is 1. The average Bonchev–Trinajstić information content (AvgIpc) is 2.72. The molecule has 2 rings (SSSR count). The van der Waals surface area contributed by atoms with Gasteiger partial charge in [0.2, 0.25) is 0 Å². The zero-order valence-electron chi connectivity index (χ0n) is 13.4. The van der Waals surface area contributed by atoms with Crippen LogP contribution in [0.2, 0.25) is 25.7 Å². The molecular formula is C16H25BrN2OSi. The summed E-state index contributed by atoms with van der Waals surface area (Å²) in [5.41, 5.74) is 2.54. The lowest BCUT2D eigenvalue weighted by Crippen LogP contribution is -2.21. The standard InChI is InChI=1S/C16H25BrN2OSi/c1-18-10-13-11-19(12-20-7-8-21(2,3)4)16-9-14(17)5-6-15(13)16/h5-6,9,11,18H,7-8,10,12H2,1-4H3. The maximum absolute atomic E-state index is 5.90. The fraction of sp³-hybridized carbons (Fsp3) is 0.500. The van der Waals surface area contributed by atoms with Crippen LogP contribution in [0.3, 0.4) is 0 Å². The number of nitrogens with one attached hydrogen (secondary N) is 1. The Balaban J connectivity index is 2.13. The molecule has 21 heavy (non-hydrogen) atoms. The van der Waals surface area contributed by atoms with Crippen molar-refractivity contribution < 1.29 is 4.74 Å². The Morgan fingerprint density at radius 2 is 2.05 bits per heavy atom. The van der Waals surface area contributed by atoms with Crippen LogP contribution >= 0.6 is 15.9 Å². The normalized spacial score (nSPS) is 12.2. The highest BCUT2D eigenvalue weighted by atomic mass is 79.9. The van der Waals surface area contributed by atoms with Crippen LogP contribution in [0.4, 0.5) is 0 Å². The molecule has 5 heteroatoms. The van der Waals surface area contributed by atoms with Gasteiger partial charge in [0, 0.05) is 37.3 Å². The molecule has 1 N–H and O–H groups in total. The summed E-state index contributed by atoms with van der Waals surface area (Å²) in [4.78, 5) is 0. The predicted octanol–water partition coefficient (Wildman–Crippen LogP) is 4.44. The molecule has 0 saturated carbocycles. The topological polar surface area (TPSA) is 26.2 Å². The monoisotopic (exact) mass is 368 g/mol. The Bertz CT molecular complexity index is 604. The van der Waals surface area contributed by atoms with Gasteiger partial charge in [0.15, 0.2) is 0 Å². The molecule has 1 aromatic heterocycles. The smallest absolute Gasteiger partial charge is 0.122 e. The van der Waals surface area contributed by atoms with Crippen molar-refractivity contribution in [3.63, 3.8) is 0 Å². The molecule has 3 nitrogen and oxygen atoms in total. The van der Waals surface area contributed by atoms with Gasteiger partial charge in [0.05, 0.1) is 5.52 Å². The second-order valence-electron chi connectivity index (χ2n) is 6.66. The molecule has 0 saturated heterocycles. The molecular weight excluding hydrogens is 344 g/mol. The molecule has 0 unspecified atom stereocenters. The van der Waals surface area contributed by atoms with Crippen LogP contribution in [0, 0.1) is 0 Å². The molecule has 1 heterocycles. The number of aromatic nitrogens is 1. The second kappa shape index (κ2) is 7.09. The fourth-order valence-corrected chi connectivity index (χ4v) is 3.43. The third kappa shape index (κ3) is 4.68. The number of hydrogen-bond donors (Lipinski definition) is 1. The highest BCUT2D eigenvalue weighted by Gasteiger charge is 2.13. The first-order chi connectivity index (χ1) is 9.90. The van der Waals surface area contributed by atoms with Crippen molar-refractivity contribution >= 4 is 34.9 Å². The summed E-state index contributed by atoms with van der Waals surface area (Å²) in [6.07, 6.45) is 2.20. The van der Waals surface area contributed by atoms with E-state index in [0.29, 0.717) is 6.73 Å². The molecule has 1 aromatic carbocycles. The lowest BCUT2D eigenvalue weighted by atomic mass is 10.2. The first kappa shape index (κ1) is 16.7. The van der Waals surface area contributed by atoms with Gasteiger partial charge in [-0.05, 0) is 30.8 Å². The van der Waals surface area contributed by atoms with Gasteiger partial charge < -0.3 is 14.6 Å². The SMILES string of the molecule is CNCc1cn(COCC[Si](C)(C)C)c2cc(Br)ccc12. The first-order valence-corrected chi connectivity index (χ1v) is 11.9. The molecule has 2 aromatic rings. The van der Waals surface area contributed by atoms with Gasteiger partial charge in [-0.2, -0.15) is 0 Å². The van der Waals surface area contributed by atoms with Crippen molar-refractivity contribution in [1.29, 1.82) is 0 Å². The summed E-state index contributed by atoms with van der Waals surface area (Å²) >= 11 is 3.56. The van der Waals surface area contributed by atoms with Crippen LogP contribution in [0.1, 0.15) is 5.56 Å². The summed E-state index contributed by atoms with van der Waals surface area (Å²) in [6.45, 7) is 9.49. The van der Waals surface area contributed by atoms with Gasteiger partial charge in [-0.15, -0.1) is 0 Å². The lowest BCUT2D eigenvalue weighted by Gasteiger charge is -2.15. The Morgan fingerprint density at radius 1 is 1.29 bits per heavy atom. The Labute approximate surface area is 136 Å². The third-order valence-electron chi connectivity index (χ3n) is 3.52. The molecule has 0 atom stereocenters. The molecule has 116 valence electrons. The Morgan fingerprint density at radius 3 is 2.71 bits per heavy atom. The van der Waals surface area contributed by atoms with E-state index in [-0.39, 0.29) is 0 Å². The van der Waals surface area contributed by atoms with Gasteiger partial charge in [-0.1, -0.05) is 41.6 Å².